The van der Waals surface area contributed by atoms with Gasteiger partial charge >= 0.3 is 0 Å². The van der Waals surface area contributed by atoms with Crippen LogP contribution in [0.4, 0.5) is 0 Å². The van der Waals surface area contributed by atoms with Gasteiger partial charge in [-0.2, -0.15) is 9.57 Å². The lowest BCUT2D eigenvalue weighted by Crippen LogP contribution is -2.48. The zero-order valence-electron chi connectivity index (χ0n) is 6.81. The van der Waals surface area contributed by atoms with Crippen molar-refractivity contribution >= 4 is 26.0 Å². The lowest BCUT2D eigenvalue weighted by atomic mass is 10.3. The first-order valence-electron chi connectivity index (χ1n) is 3.64. The third-order valence-corrected chi connectivity index (χ3v) is 4.89. The summed E-state index contributed by atoms with van der Waals surface area (Å²) >= 11 is 2.88. The summed E-state index contributed by atoms with van der Waals surface area (Å²) in [6.45, 7) is 0.763. The molecule has 1 saturated heterocycles. The van der Waals surface area contributed by atoms with E-state index in [0.717, 1.165) is 0 Å². The van der Waals surface area contributed by atoms with Crippen LogP contribution in [0.15, 0.2) is 0 Å². The summed E-state index contributed by atoms with van der Waals surface area (Å²) in [7, 11) is -3.34. The van der Waals surface area contributed by atoms with Gasteiger partial charge in [0.25, 0.3) is 0 Å². The minimum Gasteiger partial charge on any atom is -0.377 e. The van der Waals surface area contributed by atoms with E-state index in [1.54, 1.807) is 0 Å². The van der Waals surface area contributed by atoms with E-state index in [9.17, 15) is 8.42 Å². The molecule has 74 valence electrons. The number of rotatable bonds is 2. The van der Waals surface area contributed by atoms with Crippen LogP contribution in [0, 0.1) is 11.3 Å². The summed E-state index contributed by atoms with van der Waals surface area (Å²) in [5.41, 5.74) is 0. The highest BCUT2D eigenvalue weighted by atomic mass is 79.9. The van der Waals surface area contributed by atoms with E-state index in [1.165, 1.54) is 4.31 Å². The Hall–Kier alpha value is -0.160. The number of sulfonamides is 1. The Morgan fingerprint density at radius 3 is 2.92 bits per heavy atom. The predicted molar refractivity (Wildman–Crippen MR) is 49.6 cm³/mol. The fourth-order valence-corrected chi connectivity index (χ4v) is 2.85. The fourth-order valence-electron chi connectivity index (χ4n) is 1.09. The van der Waals surface area contributed by atoms with Gasteiger partial charge in [-0.1, -0.05) is 15.9 Å². The van der Waals surface area contributed by atoms with Crippen LogP contribution >= 0.6 is 15.9 Å². The molecule has 0 bridgehead atoms. The van der Waals surface area contributed by atoms with Crippen molar-refractivity contribution in [2.45, 2.75) is 6.04 Å². The van der Waals surface area contributed by atoms with Crippen LogP contribution < -0.4 is 0 Å². The molecule has 0 aliphatic carbocycles. The molecule has 5 nitrogen and oxygen atoms in total. The molecule has 0 spiro atoms. The van der Waals surface area contributed by atoms with Crippen molar-refractivity contribution in [1.29, 1.82) is 5.26 Å². The van der Waals surface area contributed by atoms with Crippen LogP contribution in [0.25, 0.3) is 0 Å². The summed E-state index contributed by atoms with van der Waals surface area (Å²) in [5, 5.41) is 8.67. The Morgan fingerprint density at radius 1 is 1.69 bits per heavy atom. The molecule has 1 aliphatic rings. The monoisotopic (exact) mass is 268 g/mol. The Kier molecular flexibility index (Phi) is 3.67. The van der Waals surface area contributed by atoms with Crippen LogP contribution in [0.3, 0.4) is 0 Å². The van der Waals surface area contributed by atoms with E-state index in [2.05, 4.69) is 15.9 Å². The maximum atomic E-state index is 11.4. The van der Waals surface area contributed by atoms with Crippen molar-refractivity contribution in [2.24, 2.45) is 0 Å². The Labute approximate surface area is 85.5 Å². The van der Waals surface area contributed by atoms with Crippen molar-refractivity contribution in [1.82, 2.24) is 4.31 Å². The molecule has 13 heavy (non-hydrogen) atoms. The SMILES string of the molecule is N#CC1COCCN1S(=O)(=O)CBr. The molecular formula is C6H9BrN2O3S. The molecule has 1 fully saturated rings. The highest BCUT2D eigenvalue weighted by molar-refractivity contribution is 9.10. The number of nitriles is 1. The van der Waals surface area contributed by atoms with Gasteiger partial charge in [-0.3, -0.25) is 0 Å². The van der Waals surface area contributed by atoms with Gasteiger partial charge < -0.3 is 4.74 Å². The summed E-state index contributed by atoms with van der Waals surface area (Å²) < 4.78 is 28.8. The molecular weight excluding hydrogens is 260 g/mol. The maximum absolute atomic E-state index is 11.4. The van der Waals surface area contributed by atoms with Gasteiger partial charge in [0.15, 0.2) is 0 Å². The highest BCUT2D eigenvalue weighted by Gasteiger charge is 2.31. The number of ether oxygens (including phenoxy) is 1. The number of alkyl halides is 1. The normalized spacial score (nSPS) is 25.4. The van der Waals surface area contributed by atoms with Gasteiger partial charge in [-0.15, -0.1) is 0 Å². The molecule has 1 unspecified atom stereocenters. The van der Waals surface area contributed by atoms with Crippen LogP contribution in [0.1, 0.15) is 0 Å². The zero-order valence-corrected chi connectivity index (χ0v) is 9.21. The largest absolute Gasteiger partial charge is 0.377 e. The molecule has 0 radical (unpaired) electrons. The second kappa shape index (κ2) is 4.37. The van der Waals surface area contributed by atoms with Crippen LogP contribution in [0.2, 0.25) is 0 Å². The topological polar surface area (TPSA) is 70.4 Å². The zero-order chi connectivity index (χ0) is 9.90. The van der Waals surface area contributed by atoms with Gasteiger partial charge in [-0.05, 0) is 0 Å². The highest BCUT2D eigenvalue weighted by Crippen LogP contribution is 2.13. The molecule has 1 atom stereocenters. The number of nitrogens with zero attached hydrogens (tertiary/aromatic N) is 2. The van der Waals surface area contributed by atoms with Crippen molar-refractivity contribution in [3.8, 4) is 6.07 Å². The molecule has 7 heteroatoms. The summed E-state index contributed by atoms with van der Waals surface area (Å²) in [5.74, 6) is 0. The minimum atomic E-state index is -3.34. The summed E-state index contributed by atoms with van der Waals surface area (Å²) in [4.78, 5) is 0. The third kappa shape index (κ3) is 2.40. The van der Waals surface area contributed by atoms with Crippen LogP contribution in [-0.2, 0) is 14.8 Å². The van der Waals surface area contributed by atoms with E-state index in [0.29, 0.717) is 6.61 Å². The molecule has 1 heterocycles. The smallest absolute Gasteiger partial charge is 0.225 e. The summed E-state index contributed by atoms with van der Waals surface area (Å²) in [6.07, 6.45) is 0. The van der Waals surface area contributed by atoms with Crippen molar-refractivity contribution < 1.29 is 13.2 Å². The van der Waals surface area contributed by atoms with E-state index in [4.69, 9.17) is 10.00 Å². The molecule has 0 amide bonds. The predicted octanol–water partition coefficient (Wildman–Crippen LogP) is -0.107. The molecule has 1 aliphatic heterocycles. The number of hydrogen-bond donors (Lipinski definition) is 0. The van der Waals surface area contributed by atoms with Gasteiger partial charge in [-0.25, -0.2) is 8.42 Å². The molecule has 1 rings (SSSR count). The maximum Gasteiger partial charge on any atom is 0.225 e. The van der Waals surface area contributed by atoms with Crippen molar-refractivity contribution in [3.63, 3.8) is 0 Å². The van der Waals surface area contributed by atoms with Crippen molar-refractivity contribution in [2.75, 3.05) is 24.4 Å². The number of hydrogen-bond acceptors (Lipinski definition) is 4. The average molecular weight is 269 g/mol. The quantitative estimate of drug-likeness (QED) is 0.656. The van der Waals surface area contributed by atoms with E-state index in [-0.39, 0.29) is 17.8 Å². The lowest BCUT2D eigenvalue weighted by Gasteiger charge is -2.29. The molecule has 0 N–H and O–H groups in total. The van der Waals surface area contributed by atoms with E-state index < -0.39 is 16.1 Å². The first-order chi connectivity index (χ1) is 6.11. The Bertz CT molecular complexity index is 310. The van der Waals surface area contributed by atoms with Gasteiger partial charge in [0, 0.05) is 6.54 Å². The second-order valence-corrected chi connectivity index (χ2v) is 5.78. The van der Waals surface area contributed by atoms with E-state index in [1.807, 2.05) is 6.07 Å². The molecule has 0 aromatic heterocycles. The van der Waals surface area contributed by atoms with Gasteiger partial charge in [0.2, 0.25) is 10.0 Å². The minimum absolute atomic E-state index is 0.155. The van der Waals surface area contributed by atoms with Crippen LogP contribution in [0.5, 0.6) is 0 Å². The summed E-state index contributed by atoms with van der Waals surface area (Å²) in [6, 6.07) is 1.21. The van der Waals surface area contributed by atoms with E-state index >= 15 is 0 Å². The molecule has 0 aromatic carbocycles. The third-order valence-electron chi connectivity index (χ3n) is 1.72. The van der Waals surface area contributed by atoms with Crippen LogP contribution in [-0.4, -0.2) is 43.2 Å². The fraction of sp³-hybridized carbons (Fsp3) is 0.833. The standard InChI is InChI=1S/C6H9BrN2O3S/c7-5-13(10,11)9-1-2-12-4-6(9)3-8/h6H,1-2,4-5H2. The molecule has 0 aromatic rings. The Balaban J connectivity index is 2.83. The van der Waals surface area contributed by atoms with Crippen molar-refractivity contribution in [3.05, 3.63) is 0 Å². The first kappa shape index (κ1) is 10.9. The van der Waals surface area contributed by atoms with Gasteiger partial charge in [0.05, 0.1) is 19.3 Å². The van der Waals surface area contributed by atoms with Gasteiger partial charge in [0.1, 0.15) is 10.7 Å². The first-order valence-corrected chi connectivity index (χ1v) is 6.37. The number of halogens is 1. The Morgan fingerprint density at radius 2 is 2.38 bits per heavy atom. The lowest BCUT2D eigenvalue weighted by molar-refractivity contribution is 0.0514. The number of morpholine rings is 1. The second-order valence-electron chi connectivity index (χ2n) is 2.55. The average Bonchev–Trinajstić information content (AvgIpc) is 2.18. The molecule has 0 saturated carbocycles.